The number of nitrogens with zero attached hydrogens (tertiary/aromatic N) is 1. The Morgan fingerprint density at radius 1 is 1.44 bits per heavy atom. The molecule has 0 unspecified atom stereocenters. The van der Waals surface area contributed by atoms with Crippen LogP contribution < -0.4 is 5.32 Å². The monoisotopic (exact) mass is 264 g/mol. The second-order valence-corrected chi connectivity index (χ2v) is 4.85. The van der Waals surface area contributed by atoms with E-state index >= 15 is 0 Å². The number of alkyl halides is 2. The zero-order valence-corrected chi connectivity index (χ0v) is 10.3. The number of amides is 2. The van der Waals surface area contributed by atoms with Gasteiger partial charge in [-0.3, -0.25) is 4.79 Å². The van der Waals surface area contributed by atoms with Crippen LogP contribution in [-0.2, 0) is 4.79 Å². The van der Waals surface area contributed by atoms with Gasteiger partial charge in [0, 0.05) is 13.6 Å². The first-order valence-electron chi connectivity index (χ1n) is 5.83. The van der Waals surface area contributed by atoms with Gasteiger partial charge in [0.05, 0.1) is 13.0 Å². The molecular formula is C11H18F2N2O3. The quantitative estimate of drug-likeness (QED) is 0.764. The van der Waals surface area contributed by atoms with Crippen molar-refractivity contribution in [2.45, 2.75) is 32.1 Å². The zero-order chi connectivity index (χ0) is 13.8. The van der Waals surface area contributed by atoms with E-state index in [1.54, 1.807) is 0 Å². The Hall–Kier alpha value is -1.40. The van der Waals surface area contributed by atoms with Crippen LogP contribution in [0.15, 0.2) is 0 Å². The number of rotatable bonds is 6. The lowest BCUT2D eigenvalue weighted by atomic mass is 9.66. The molecule has 0 atom stereocenters. The summed E-state index contributed by atoms with van der Waals surface area (Å²) in [6.07, 6.45) is -0.129. The fraction of sp³-hybridized carbons (Fsp3) is 0.818. The number of nitrogens with one attached hydrogen (secondary N) is 1. The summed E-state index contributed by atoms with van der Waals surface area (Å²) in [6, 6.07) is -0.591. The molecule has 0 heterocycles. The maximum Gasteiger partial charge on any atom is 0.317 e. The number of halogens is 2. The molecule has 0 saturated heterocycles. The smallest absolute Gasteiger partial charge is 0.317 e. The van der Waals surface area contributed by atoms with Crippen LogP contribution in [0.2, 0.25) is 0 Å². The lowest BCUT2D eigenvalue weighted by Gasteiger charge is -2.41. The summed E-state index contributed by atoms with van der Waals surface area (Å²) in [5.41, 5.74) is -0.396. The largest absolute Gasteiger partial charge is 0.481 e. The van der Waals surface area contributed by atoms with E-state index in [4.69, 9.17) is 5.11 Å². The minimum absolute atomic E-state index is 0.00580. The zero-order valence-electron chi connectivity index (χ0n) is 10.3. The second kappa shape index (κ2) is 5.97. The summed E-state index contributed by atoms with van der Waals surface area (Å²) in [4.78, 5) is 23.1. The van der Waals surface area contributed by atoms with Crippen molar-refractivity contribution >= 4 is 12.0 Å². The molecule has 0 spiro atoms. The molecule has 0 aromatic carbocycles. The van der Waals surface area contributed by atoms with Crippen molar-refractivity contribution in [2.24, 2.45) is 5.41 Å². The predicted molar refractivity (Wildman–Crippen MR) is 60.6 cm³/mol. The van der Waals surface area contributed by atoms with Crippen LogP contribution in [0.1, 0.15) is 25.7 Å². The highest BCUT2D eigenvalue weighted by Crippen LogP contribution is 2.43. The number of hydrogen-bond acceptors (Lipinski definition) is 2. The highest BCUT2D eigenvalue weighted by Gasteiger charge is 2.39. The van der Waals surface area contributed by atoms with E-state index in [0.29, 0.717) is 0 Å². The summed E-state index contributed by atoms with van der Waals surface area (Å²) in [5, 5.41) is 11.3. The van der Waals surface area contributed by atoms with Gasteiger partial charge in [0.15, 0.2) is 0 Å². The maximum atomic E-state index is 12.1. The lowest BCUT2D eigenvalue weighted by Crippen LogP contribution is -2.47. The maximum absolute atomic E-state index is 12.1. The van der Waals surface area contributed by atoms with Crippen LogP contribution in [0.4, 0.5) is 13.6 Å². The normalized spacial score (nSPS) is 17.1. The lowest BCUT2D eigenvalue weighted by molar-refractivity contribution is -0.141. The van der Waals surface area contributed by atoms with Crippen LogP contribution in [0.25, 0.3) is 0 Å². The topological polar surface area (TPSA) is 69.6 Å². The average Bonchev–Trinajstić information content (AvgIpc) is 2.19. The van der Waals surface area contributed by atoms with Crippen LogP contribution >= 0.6 is 0 Å². The van der Waals surface area contributed by atoms with E-state index < -0.39 is 30.4 Å². The summed E-state index contributed by atoms with van der Waals surface area (Å²) < 4.78 is 24.1. The molecular weight excluding hydrogens is 246 g/mol. The molecule has 0 aromatic heterocycles. The number of hydrogen-bond donors (Lipinski definition) is 2. The first-order valence-corrected chi connectivity index (χ1v) is 5.83. The van der Waals surface area contributed by atoms with Gasteiger partial charge in [-0.1, -0.05) is 6.42 Å². The molecule has 104 valence electrons. The number of carbonyl (C=O) groups excluding carboxylic acids is 1. The standard InChI is InChI=1S/C11H18F2N2O3/c1-15(6-8(12)13)10(18)14-7-11(3-2-4-11)5-9(16)17/h8H,2-7H2,1H3,(H,14,18)(H,16,17). The molecule has 5 nitrogen and oxygen atoms in total. The summed E-state index contributed by atoms with van der Waals surface area (Å²) >= 11 is 0. The Labute approximate surface area is 104 Å². The molecule has 0 aromatic rings. The van der Waals surface area contributed by atoms with Crippen molar-refractivity contribution < 1.29 is 23.5 Å². The van der Waals surface area contributed by atoms with E-state index in [1.165, 1.54) is 7.05 Å². The number of carbonyl (C=O) groups is 2. The van der Waals surface area contributed by atoms with E-state index in [2.05, 4.69) is 5.32 Å². The number of carboxylic acid groups (broad SMARTS) is 1. The van der Waals surface area contributed by atoms with Crippen LogP contribution in [0, 0.1) is 5.41 Å². The van der Waals surface area contributed by atoms with Gasteiger partial charge in [0.25, 0.3) is 6.43 Å². The fourth-order valence-electron chi connectivity index (χ4n) is 2.10. The molecule has 1 aliphatic carbocycles. The van der Waals surface area contributed by atoms with Gasteiger partial charge in [-0.25, -0.2) is 13.6 Å². The average molecular weight is 264 g/mol. The van der Waals surface area contributed by atoms with E-state index in [9.17, 15) is 18.4 Å². The number of urea groups is 1. The molecule has 2 amide bonds. The predicted octanol–water partition coefficient (Wildman–Crippen LogP) is 1.54. The van der Waals surface area contributed by atoms with Crippen molar-refractivity contribution in [3.63, 3.8) is 0 Å². The number of aliphatic carboxylic acids is 1. The van der Waals surface area contributed by atoms with Crippen molar-refractivity contribution in [3.05, 3.63) is 0 Å². The summed E-state index contributed by atoms with van der Waals surface area (Å²) in [5.74, 6) is -0.898. The Bertz CT molecular complexity index is 319. The van der Waals surface area contributed by atoms with Crippen LogP contribution in [0.5, 0.6) is 0 Å². The van der Waals surface area contributed by atoms with Crippen LogP contribution in [-0.4, -0.2) is 48.6 Å². The molecule has 0 bridgehead atoms. The van der Waals surface area contributed by atoms with Gasteiger partial charge in [0.2, 0.25) is 0 Å². The van der Waals surface area contributed by atoms with Gasteiger partial charge >= 0.3 is 12.0 Å². The van der Waals surface area contributed by atoms with Crippen molar-refractivity contribution in [3.8, 4) is 0 Å². The second-order valence-electron chi connectivity index (χ2n) is 4.85. The molecule has 1 rings (SSSR count). The third-order valence-corrected chi connectivity index (χ3v) is 3.31. The minimum Gasteiger partial charge on any atom is -0.481 e. The van der Waals surface area contributed by atoms with E-state index in [-0.39, 0.29) is 13.0 Å². The van der Waals surface area contributed by atoms with Crippen molar-refractivity contribution in [1.82, 2.24) is 10.2 Å². The molecule has 1 fully saturated rings. The third kappa shape index (κ3) is 4.12. The number of carboxylic acids is 1. The van der Waals surface area contributed by atoms with Crippen LogP contribution in [0.3, 0.4) is 0 Å². The summed E-state index contributed by atoms with van der Waals surface area (Å²) in [7, 11) is 1.28. The van der Waals surface area contributed by atoms with Crippen molar-refractivity contribution in [2.75, 3.05) is 20.1 Å². The Morgan fingerprint density at radius 2 is 2.06 bits per heavy atom. The van der Waals surface area contributed by atoms with Crippen molar-refractivity contribution in [1.29, 1.82) is 0 Å². The Balaban J connectivity index is 2.38. The Morgan fingerprint density at radius 3 is 2.44 bits per heavy atom. The van der Waals surface area contributed by atoms with E-state index in [1.807, 2.05) is 0 Å². The highest BCUT2D eigenvalue weighted by molar-refractivity contribution is 5.74. The molecule has 1 saturated carbocycles. The van der Waals surface area contributed by atoms with E-state index in [0.717, 1.165) is 24.2 Å². The van der Waals surface area contributed by atoms with Gasteiger partial charge < -0.3 is 15.3 Å². The first kappa shape index (κ1) is 14.7. The molecule has 7 heteroatoms. The first-order chi connectivity index (χ1) is 8.34. The van der Waals surface area contributed by atoms with Gasteiger partial charge in [-0.15, -0.1) is 0 Å². The third-order valence-electron chi connectivity index (χ3n) is 3.31. The molecule has 0 radical (unpaired) electrons. The molecule has 0 aliphatic heterocycles. The fourth-order valence-corrected chi connectivity index (χ4v) is 2.10. The van der Waals surface area contributed by atoms with Gasteiger partial charge in [-0.2, -0.15) is 0 Å². The minimum atomic E-state index is -2.57. The van der Waals surface area contributed by atoms with Gasteiger partial charge in [0.1, 0.15) is 0 Å². The molecule has 18 heavy (non-hydrogen) atoms. The highest BCUT2D eigenvalue weighted by atomic mass is 19.3. The molecule has 2 N–H and O–H groups in total. The summed E-state index contributed by atoms with van der Waals surface area (Å²) in [6.45, 7) is -0.399. The Kier molecular flexibility index (Phi) is 4.86. The SMILES string of the molecule is CN(CC(F)F)C(=O)NCC1(CC(=O)O)CCC1. The molecule has 1 aliphatic rings. The van der Waals surface area contributed by atoms with Gasteiger partial charge in [-0.05, 0) is 18.3 Å².